The first kappa shape index (κ1) is 11.8. The Morgan fingerprint density at radius 2 is 1.79 bits per heavy atom. The minimum atomic E-state index is -1.88. The first-order chi connectivity index (χ1) is 6.32. The van der Waals surface area contributed by atoms with Crippen LogP contribution in [0.2, 0.25) is 0 Å². The van der Waals surface area contributed by atoms with Gasteiger partial charge in [-0.3, -0.25) is 4.79 Å². The molecule has 0 N–H and O–H groups in total. The average Bonchev–Trinajstić information content (AvgIpc) is 2.06. The lowest BCUT2D eigenvalue weighted by atomic mass is 10.0. The molecule has 0 unspecified atom stereocenters. The fourth-order valence-electron chi connectivity index (χ4n) is 1.13. The summed E-state index contributed by atoms with van der Waals surface area (Å²) >= 11 is 16.6. The van der Waals surface area contributed by atoms with E-state index in [9.17, 15) is 4.79 Å². The molecule has 0 radical (unpaired) electrons. The number of halogens is 3. The predicted octanol–water partition coefficient (Wildman–Crippen LogP) is 3.86. The van der Waals surface area contributed by atoms with E-state index in [0.29, 0.717) is 5.56 Å². The molecule has 1 nitrogen and oxygen atoms in total. The predicted molar refractivity (Wildman–Crippen MR) is 60.5 cm³/mol. The minimum absolute atomic E-state index is 0.463. The molecule has 76 valence electrons. The molecule has 0 fully saturated rings. The van der Waals surface area contributed by atoms with Gasteiger partial charge in [-0.1, -0.05) is 52.5 Å². The van der Waals surface area contributed by atoms with Crippen molar-refractivity contribution in [2.24, 2.45) is 0 Å². The van der Waals surface area contributed by atoms with Crippen LogP contribution in [0, 0.1) is 13.8 Å². The summed E-state index contributed by atoms with van der Waals surface area (Å²) in [7, 11) is 0. The Morgan fingerprint density at radius 1 is 1.21 bits per heavy atom. The number of hydrogen-bond donors (Lipinski definition) is 0. The van der Waals surface area contributed by atoms with E-state index >= 15 is 0 Å². The number of ketones is 1. The van der Waals surface area contributed by atoms with Gasteiger partial charge in [-0.05, 0) is 25.5 Å². The number of carbonyl (C=O) groups is 1. The lowest BCUT2D eigenvalue weighted by Gasteiger charge is -2.11. The summed E-state index contributed by atoms with van der Waals surface area (Å²) in [4.78, 5) is 11.6. The van der Waals surface area contributed by atoms with Crippen molar-refractivity contribution >= 4 is 40.6 Å². The maximum absolute atomic E-state index is 11.6. The fourth-order valence-corrected chi connectivity index (χ4v) is 1.44. The molecule has 1 aromatic rings. The monoisotopic (exact) mass is 250 g/mol. The summed E-state index contributed by atoms with van der Waals surface area (Å²) in [5.41, 5.74) is 2.24. The number of carbonyl (C=O) groups excluding carboxylic acids is 1. The number of rotatable bonds is 1. The molecular formula is C10H9Cl3O. The molecule has 1 aromatic carbocycles. The van der Waals surface area contributed by atoms with Crippen LogP contribution < -0.4 is 0 Å². The van der Waals surface area contributed by atoms with Gasteiger partial charge < -0.3 is 0 Å². The highest BCUT2D eigenvalue weighted by atomic mass is 35.6. The molecule has 0 saturated carbocycles. The van der Waals surface area contributed by atoms with Gasteiger partial charge in [0.2, 0.25) is 5.78 Å². The Balaban J connectivity index is 3.19. The molecule has 0 aromatic heterocycles. The zero-order valence-electron chi connectivity index (χ0n) is 7.77. The molecule has 0 spiro atoms. The molecule has 4 heteroatoms. The van der Waals surface area contributed by atoms with E-state index in [1.165, 1.54) is 0 Å². The Labute approximate surface area is 98.0 Å². The molecule has 14 heavy (non-hydrogen) atoms. The van der Waals surface area contributed by atoms with Gasteiger partial charge >= 0.3 is 0 Å². The second-order valence-electron chi connectivity index (χ2n) is 3.15. The number of aryl methyl sites for hydroxylation is 2. The van der Waals surface area contributed by atoms with Gasteiger partial charge in [0, 0.05) is 5.56 Å². The highest BCUT2D eigenvalue weighted by Crippen LogP contribution is 2.31. The van der Waals surface area contributed by atoms with Crippen molar-refractivity contribution < 1.29 is 4.79 Å². The van der Waals surface area contributed by atoms with Crippen molar-refractivity contribution in [1.82, 2.24) is 0 Å². The van der Waals surface area contributed by atoms with E-state index in [2.05, 4.69) is 0 Å². The van der Waals surface area contributed by atoms with Gasteiger partial charge in [-0.25, -0.2) is 0 Å². The van der Waals surface area contributed by atoms with Gasteiger partial charge in [0.1, 0.15) is 0 Å². The van der Waals surface area contributed by atoms with Crippen molar-refractivity contribution in [3.05, 3.63) is 34.9 Å². The van der Waals surface area contributed by atoms with Crippen LogP contribution >= 0.6 is 34.8 Å². The fraction of sp³-hybridized carbons (Fsp3) is 0.300. The summed E-state index contributed by atoms with van der Waals surface area (Å²) in [6.07, 6.45) is 0. The Morgan fingerprint density at radius 3 is 2.29 bits per heavy atom. The number of benzene rings is 1. The number of Topliss-reactive ketones (excluding diaryl/α,β-unsaturated/α-hetero) is 1. The van der Waals surface area contributed by atoms with E-state index in [4.69, 9.17) is 34.8 Å². The molecule has 0 aliphatic rings. The third-order valence-electron chi connectivity index (χ3n) is 1.90. The molecule has 0 saturated heterocycles. The third-order valence-corrected chi connectivity index (χ3v) is 2.41. The lowest BCUT2D eigenvalue weighted by Crippen LogP contribution is -2.20. The summed E-state index contributed by atoms with van der Waals surface area (Å²) in [5, 5.41) is 0. The van der Waals surface area contributed by atoms with Crippen molar-refractivity contribution in [1.29, 1.82) is 0 Å². The summed E-state index contributed by atoms with van der Waals surface area (Å²) in [6.45, 7) is 3.69. The Hall–Kier alpha value is -0.240. The zero-order chi connectivity index (χ0) is 10.9. The second kappa shape index (κ2) is 4.09. The SMILES string of the molecule is Cc1ccc(C)c(C(=O)C(Cl)(Cl)Cl)c1. The van der Waals surface area contributed by atoms with Crippen LogP contribution in [0.3, 0.4) is 0 Å². The van der Waals surface area contributed by atoms with Gasteiger partial charge in [0.05, 0.1) is 0 Å². The standard InChI is InChI=1S/C10H9Cl3O/c1-6-3-4-7(2)8(5-6)9(14)10(11,12)13/h3-5H,1-2H3. The molecule has 0 bridgehead atoms. The summed E-state index contributed by atoms with van der Waals surface area (Å²) in [5.74, 6) is -0.483. The van der Waals surface area contributed by atoms with Crippen molar-refractivity contribution in [3.63, 3.8) is 0 Å². The van der Waals surface area contributed by atoms with E-state index in [-0.39, 0.29) is 0 Å². The summed E-state index contributed by atoms with van der Waals surface area (Å²) in [6, 6.07) is 5.46. The third kappa shape index (κ3) is 2.63. The second-order valence-corrected chi connectivity index (χ2v) is 5.43. The zero-order valence-corrected chi connectivity index (χ0v) is 10.0. The van der Waals surface area contributed by atoms with Crippen molar-refractivity contribution in [3.8, 4) is 0 Å². The molecule has 0 aliphatic carbocycles. The molecule has 1 rings (SSSR count). The minimum Gasteiger partial charge on any atom is -0.289 e. The van der Waals surface area contributed by atoms with Crippen LogP contribution in [0.15, 0.2) is 18.2 Å². The van der Waals surface area contributed by atoms with Crippen LogP contribution in [-0.4, -0.2) is 9.58 Å². The average molecular weight is 252 g/mol. The largest absolute Gasteiger partial charge is 0.289 e. The van der Waals surface area contributed by atoms with Gasteiger partial charge in [-0.15, -0.1) is 0 Å². The first-order valence-electron chi connectivity index (χ1n) is 4.01. The van der Waals surface area contributed by atoms with Gasteiger partial charge in [0.25, 0.3) is 3.79 Å². The van der Waals surface area contributed by atoms with E-state index in [1.807, 2.05) is 26.0 Å². The van der Waals surface area contributed by atoms with E-state index < -0.39 is 9.58 Å². The molecular weight excluding hydrogens is 242 g/mol. The molecule has 0 heterocycles. The van der Waals surface area contributed by atoms with Crippen LogP contribution in [0.5, 0.6) is 0 Å². The van der Waals surface area contributed by atoms with Crippen LogP contribution in [0.25, 0.3) is 0 Å². The highest BCUT2D eigenvalue weighted by molar-refractivity contribution is 6.77. The normalized spacial score (nSPS) is 11.5. The van der Waals surface area contributed by atoms with Crippen LogP contribution in [0.4, 0.5) is 0 Å². The number of hydrogen-bond acceptors (Lipinski definition) is 1. The molecule has 0 aliphatic heterocycles. The summed E-state index contributed by atoms with van der Waals surface area (Å²) < 4.78 is -1.88. The van der Waals surface area contributed by atoms with E-state index in [1.54, 1.807) is 6.07 Å². The highest BCUT2D eigenvalue weighted by Gasteiger charge is 2.32. The molecule has 0 amide bonds. The van der Waals surface area contributed by atoms with Crippen molar-refractivity contribution in [2.45, 2.75) is 17.6 Å². The van der Waals surface area contributed by atoms with Crippen molar-refractivity contribution in [2.75, 3.05) is 0 Å². The number of alkyl halides is 3. The smallest absolute Gasteiger partial charge is 0.253 e. The van der Waals surface area contributed by atoms with E-state index in [0.717, 1.165) is 11.1 Å². The Bertz CT molecular complexity index is 366. The Kier molecular flexibility index (Phi) is 3.46. The maximum atomic E-state index is 11.6. The topological polar surface area (TPSA) is 17.1 Å². The first-order valence-corrected chi connectivity index (χ1v) is 5.14. The maximum Gasteiger partial charge on any atom is 0.253 e. The van der Waals surface area contributed by atoms with Gasteiger partial charge in [0.15, 0.2) is 0 Å². The van der Waals surface area contributed by atoms with Gasteiger partial charge in [-0.2, -0.15) is 0 Å². The van der Waals surface area contributed by atoms with Crippen LogP contribution in [0.1, 0.15) is 21.5 Å². The van der Waals surface area contributed by atoms with Crippen LogP contribution in [-0.2, 0) is 0 Å². The molecule has 0 atom stereocenters. The quantitative estimate of drug-likeness (QED) is 0.547. The lowest BCUT2D eigenvalue weighted by molar-refractivity contribution is 0.0995.